The number of ketones is 1. The van der Waals surface area contributed by atoms with Crippen LogP contribution in [0.5, 0.6) is 17.2 Å². The van der Waals surface area contributed by atoms with Gasteiger partial charge >= 0.3 is 0 Å². The van der Waals surface area contributed by atoms with Crippen molar-refractivity contribution in [2.75, 3.05) is 21.3 Å². The van der Waals surface area contributed by atoms with Gasteiger partial charge in [-0.05, 0) is 49.4 Å². The smallest absolute Gasteiger partial charge is 0.191 e. The van der Waals surface area contributed by atoms with Crippen molar-refractivity contribution >= 4 is 33.7 Å². The third-order valence-corrected chi connectivity index (χ3v) is 5.17. The van der Waals surface area contributed by atoms with E-state index in [1.54, 1.807) is 39.7 Å². The van der Waals surface area contributed by atoms with Gasteiger partial charge < -0.3 is 19.2 Å². The Morgan fingerprint density at radius 3 is 2.43 bits per heavy atom. The summed E-state index contributed by atoms with van der Waals surface area (Å²) in [5.74, 6) is 1.64. The average Bonchev–Trinajstić information content (AvgIpc) is 3.16. The van der Waals surface area contributed by atoms with E-state index in [-0.39, 0.29) is 5.78 Å². The minimum Gasteiger partial charge on any atom is -0.497 e. The van der Waals surface area contributed by atoms with Gasteiger partial charge in [-0.15, -0.1) is 0 Å². The van der Waals surface area contributed by atoms with Crippen molar-refractivity contribution in [3.05, 3.63) is 65.5 Å². The first-order chi connectivity index (χ1) is 14.6. The number of pyridine rings is 1. The topological polar surface area (TPSA) is 73.4 Å². The van der Waals surface area contributed by atoms with E-state index in [0.29, 0.717) is 22.8 Å². The van der Waals surface area contributed by atoms with Crippen molar-refractivity contribution in [3.8, 4) is 17.2 Å². The number of H-pyrrole nitrogens is 1. The van der Waals surface area contributed by atoms with E-state index in [1.165, 1.54) is 6.08 Å². The molecule has 0 atom stereocenters. The molecule has 6 heteroatoms. The molecule has 2 aromatic carbocycles. The highest BCUT2D eigenvalue weighted by atomic mass is 16.5. The predicted molar refractivity (Wildman–Crippen MR) is 118 cm³/mol. The Kier molecular flexibility index (Phi) is 5.14. The molecular weight excluding hydrogens is 380 g/mol. The Balaban J connectivity index is 1.82. The maximum absolute atomic E-state index is 13.2. The van der Waals surface area contributed by atoms with Crippen molar-refractivity contribution in [1.29, 1.82) is 0 Å². The molecule has 0 aliphatic rings. The van der Waals surface area contributed by atoms with Crippen LogP contribution in [0.3, 0.4) is 0 Å². The van der Waals surface area contributed by atoms with Crippen molar-refractivity contribution in [2.24, 2.45) is 0 Å². The van der Waals surface area contributed by atoms with Crippen LogP contribution >= 0.6 is 0 Å². The standard InChI is InChI=1S/C24H22N2O4/c1-14-23-18(11-12-25-14)17-8-10-20(29-3)22(24(17)26-23)19(27)9-6-15-5-7-16(28-2)13-21(15)30-4/h5-13,26H,1-4H3/b9-6+. The molecular formula is C24H22N2O4. The lowest BCUT2D eigenvalue weighted by Crippen LogP contribution is -2.00. The summed E-state index contributed by atoms with van der Waals surface area (Å²) in [6.07, 6.45) is 5.03. The molecule has 0 fully saturated rings. The molecule has 4 rings (SSSR count). The van der Waals surface area contributed by atoms with E-state index < -0.39 is 0 Å². The third kappa shape index (κ3) is 3.26. The number of hydrogen-bond acceptors (Lipinski definition) is 5. The van der Waals surface area contributed by atoms with Gasteiger partial charge in [0.1, 0.15) is 17.2 Å². The van der Waals surface area contributed by atoms with Gasteiger partial charge in [0, 0.05) is 28.6 Å². The average molecular weight is 402 g/mol. The Bertz CT molecular complexity index is 1290. The Morgan fingerprint density at radius 2 is 1.70 bits per heavy atom. The van der Waals surface area contributed by atoms with Crippen molar-refractivity contribution in [1.82, 2.24) is 9.97 Å². The van der Waals surface area contributed by atoms with Crippen LogP contribution in [0.25, 0.3) is 27.9 Å². The van der Waals surface area contributed by atoms with Gasteiger partial charge in [0.2, 0.25) is 0 Å². The molecule has 0 saturated heterocycles. The fraction of sp³-hybridized carbons (Fsp3) is 0.167. The minimum absolute atomic E-state index is 0.174. The Labute approximate surface area is 174 Å². The zero-order valence-corrected chi connectivity index (χ0v) is 17.3. The number of methoxy groups -OCH3 is 3. The fourth-order valence-electron chi connectivity index (χ4n) is 3.63. The highest BCUT2D eigenvalue weighted by Crippen LogP contribution is 2.34. The van der Waals surface area contributed by atoms with Gasteiger partial charge in [0.15, 0.2) is 5.78 Å². The summed E-state index contributed by atoms with van der Waals surface area (Å²) >= 11 is 0. The molecule has 2 heterocycles. The maximum atomic E-state index is 13.2. The molecule has 1 N–H and O–H groups in total. The summed E-state index contributed by atoms with van der Waals surface area (Å²) in [5, 5.41) is 1.98. The second-order valence-electron chi connectivity index (χ2n) is 6.81. The number of nitrogens with zero attached hydrogens (tertiary/aromatic N) is 1. The molecule has 0 spiro atoms. The van der Waals surface area contributed by atoms with Crippen molar-refractivity contribution < 1.29 is 19.0 Å². The SMILES string of the molecule is COc1ccc(/C=C/C(=O)c2c(OC)ccc3c2[nH]c2c(C)nccc23)c(OC)c1. The van der Waals surface area contributed by atoms with Crippen LogP contribution < -0.4 is 14.2 Å². The number of carbonyl (C=O) groups is 1. The number of aromatic nitrogens is 2. The van der Waals surface area contributed by atoms with E-state index in [9.17, 15) is 4.79 Å². The fourth-order valence-corrected chi connectivity index (χ4v) is 3.63. The van der Waals surface area contributed by atoms with Gasteiger partial charge in [0.25, 0.3) is 0 Å². The van der Waals surface area contributed by atoms with Crippen LogP contribution in [0.4, 0.5) is 0 Å². The summed E-state index contributed by atoms with van der Waals surface area (Å²) in [6.45, 7) is 1.94. The van der Waals surface area contributed by atoms with Crippen LogP contribution in [0.1, 0.15) is 21.6 Å². The molecule has 30 heavy (non-hydrogen) atoms. The molecule has 0 radical (unpaired) electrons. The van der Waals surface area contributed by atoms with Crippen LogP contribution in [-0.2, 0) is 0 Å². The van der Waals surface area contributed by atoms with Gasteiger partial charge in [-0.2, -0.15) is 0 Å². The van der Waals surface area contributed by atoms with E-state index in [4.69, 9.17) is 14.2 Å². The molecule has 4 aromatic rings. The number of carbonyl (C=O) groups excluding carboxylic acids is 1. The number of hydrogen-bond donors (Lipinski definition) is 1. The lowest BCUT2D eigenvalue weighted by molar-refractivity contribution is 0.104. The molecule has 0 aliphatic carbocycles. The Hall–Kier alpha value is -3.80. The van der Waals surface area contributed by atoms with Crippen LogP contribution in [0, 0.1) is 6.92 Å². The van der Waals surface area contributed by atoms with E-state index >= 15 is 0 Å². The first-order valence-electron chi connectivity index (χ1n) is 9.45. The zero-order valence-electron chi connectivity index (χ0n) is 17.3. The second kappa shape index (κ2) is 7.91. The summed E-state index contributed by atoms with van der Waals surface area (Å²) in [6, 6.07) is 11.2. The second-order valence-corrected chi connectivity index (χ2v) is 6.81. The highest BCUT2D eigenvalue weighted by Gasteiger charge is 2.18. The number of nitrogens with one attached hydrogen (secondary N) is 1. The van der Waals surface area contributed by atoms with E-state index in [1.807, 2.05) is 37.3 Å². The number of allylic oxidation sites excluding steroid dienone is 1. The van der Waals surface area contributed by atoms with Gasteiger partial charge in [-0.3, -0.25) is 9.78 Å². The number of rotatable bonds is 6. The summed E-state index contributed by atoms with van der Waals surface area (Å²) < 4.78 is 16.1. The van der Waals surface area contributed by atoms with Gasteiger partial charge in [-0.25, -0.2) is 0 Å². The van der Waals surface area contributed by atoms with Gasteiger partial charge in [0.05, 0.1) is 43.6 Å². The Morgan fingerprint density at radius 1 is 0.933 bits per heavy atom. The zero-order chi connectivity index (χ0) is 21.3. The molecule has 6 nitrogen and oxygen atoms in total. The number of aryl methyl sites for hydroxylation is 1. The first-order valence-corrected chi connectivity index (χ1v) is 9.45. The van der Waals surface area contributed by atoms with Crippen LogP contribution in [-0.4, -0.2) is 37.1 Å². The summed E-state index contributed by atoms with van der Waals surface area (Å²) in [4.78, 5) is 20.9. The van der Waals surface area contributed by atoms with Crippen LogP contribution in [0.15, 0.2) is 48.7 Å². The minimum atomic E-state index is -0.174. The number of benzene rings is 2. The lowest BCUT2D eigenvalue weighted by atomic mass is 10.0. The molecule has 0 bridgehead atoms. The molecule has 0 saturated carbocycles. The first kappa shape index (κ1) is 19.5. The molecule has 0 unspecified atom stereocenters. The quantitative estimate of drug-likeness (QED) is 0.365. The lowest BCUT2D eigenvalue weighted by Gasteiger charge is -2.08. The molecule has 0 amide bonds. The molecule has 0 aliphatic heterocycles. The largest absolute Gasteiger partial charge is 0.497 e. The summed E-state index contributed by atoms with van der Waals surface area (Å²) in [7, 11) is 4.74. The maximum Gasteiger partial charge on any atom is 0.191 e. The molecule has 152 valence electrons. The van der Waals surface area contributed by atoms with Crippen LogP contribution in [0.2, 0.25) is 0 Å². The van der Waals surface area contributed by atoms with E-state index in [0.717, 1.165) is 33.1 Å². The number of aromatic amines is 1. The number of ether oxygens (including phenoxy) is 3. The normalized spacial score (nSPS) is 11.3. The third-order valence-electron chi connectivity index (χ3n) is 5.17. The van der Waals surface area contributed by atoms with Crippen molar-refractivity contribution in [3.63, 3.8) is 0 Å². The highest BCUT2D eigenvalue weighted by molar-refractivity contribution is 6.20. The monoisotopic (exact) mass is 402 g/mol. The molecule has 2 aromatic heterocycles. The van der Waals surface area contributed by atoms with Crippen molar-refractivity contribution in [2.45, 2.75) is 6.92 Å². The number of fused-ring (bicyclic) bond motifs is 3. The van der Waals surface area contributed by atoms with Gasteiger partial charge in [-0.1, -0.05) is 0 Å². The predicted octanol–water partition coefficient (Wildman–Crippen LogP) is 4.95. The van der Waals surface area contributed by atoms with E-state index in [2.05, 4.69) is 9.97 Å². The summed E-state index contributed by atoms with van der Waals surface area (Å²) in [5.41, 5.74) is 3.77.